The summed E-state index contributed by atoms with van der Waals surface area (Å²) in [7, 11) is 5.43. The average molecular weight is 380 g/mol. The number of amides is 1. The number of aliphatic imine (C=N–C) groups is 1. The SMILES string of the molecule is CN=C(NCc1csc(C(C)(C)C)n1)NCC1(C(=O)N(C)C)CCCC1. The van der Waals surface area contributed by atoms with Gasteiger partial charge in [0.15, 0.2) is 5.96 Å². The summed E-state index contributed by atoms with van der Waals surface area (Å²) in [6.07, 6.45) is 4.10. The Balaban J connectivity index is 1.93. The molecule has 1 aliphatic carbocycles. The van der Waals surface area contributed by atoms with Gasteiger partial charge in [0.2, 0.25) is 5.91 Å². The Labute approximate surface area is 161 Å². The Hall–Kier alpha value is -1.63. The number of hydrogen-bond acceptors (Lipinski definition) is 4. The molecule has 1 aliphatic rings. The van der Waals surface area contributed by atoms with Gasteiger partial charge in [-0.1, -0.05) is 33.6 Å². The van der Waals surface area contributed by atoms with Crippen LogP contribution < -0.4 is 10.6 Å². The summed E-state index contributed by atoms with van der Waals surface area (Å²) in [6.45, 7) is 7.76. The van der Waals surface area contributed by atoms with Crippen LogP contribution in [0.1, 0.15) is 57.2 Å². The lowest BCUT2D eigenvalue weighted by Crippen LogP contribution is -2.49. The first kappa shape index (κ1) is 20.7. The summed E-state index contributed by atoms with van der Waals surface area (Å²) in [5, 5.41) is 9.91. The number of hydrogen-bond donors (Lipinski definition) is 2. The van der Waals surface area contributed by atoms with E-state index in [-0.39, 0.29) is 16.7 Å². The largest absolute Gasteiger partial charge is 0.355 e. The molecule has 26 heavy (non-hydrogen) atoms. The van der Waals surface area contributed by atoms with E-state index >= 15 is 0 Å². The molecule has 0 saturated heterocycles. The van der Waals surface area contributed by atoms with Crippen LogP contribution in [0.3, 0.4) is 0 Å². The summed E-state index contributed by atoms with van der Waals surface area (Å²) >= 11 is 1.69. The van der Waals surface area contributed by atoms with Gasteiger partial charge < -0.3 is 15.5 Å². The number of thiazole rings is 1. The third-order valence-electron chi connectivity index (χ3n) is 4.87. The van der Waals surface area contributed by atoms with Gasteiger partial charge in [-0.05, 0) is 12.8 Å². The molecular weight excluding hydrogens is 346 g/mol. The highest BCUT2D eigenvalue weighted by Gasteiger charge is 2.42. The average Bonchev–Trinajstić information content (AvgIpc) is 3.24. The summed E-state index contributed by atoms with van der Waals surface area (Å²) in [6, 6.07) is 0. The van der Waals surface area contributed by atoms with Crippen LogP contribution in [0.4, 0.5) is 0 Å². The minimum atomic E-state index is -0.304. The maximum atomic E-state index is 12.7. The molecule has 0 bridgehead atoms. The first-order chi connectivity index (χ1) is 12.2. The molecule has 0 aliphatic heterocycles. The molecule has 1 amide bonds. The quantitative estimate of drug-likeness (QED) is 0.610. The lowest BCUT2D eigenvalue weighted by molar-refractivity contribution is -0.138. The van der Waals surface area contributed by atoms with Crippen LogP contribution in [0.15, 0.2) is 10.4 Å². The van der Waals surface area contributed by atoms with Crippen LogP contribution in [-0.2, 0) is 16.8 Å². The molecule has 6 nitrogen and oxygen atoms in total. The maximum absolute atomic E-state index is 12.7. The second-order valence-corrected chi connectivity index (χ2v) is 9.22. The minimum Gasteiger partial charge on any atom is -0.355 e. The third-order valence-corrected chi connectivity index (χ3v) is 6.19. The van der Waals surface area contributed by atoms with E-state index in [4.69, 9.17) is 4.98 Å². The number of nitrogens with one attached hydrogen (secondary N) is 2. The zero-order chi connectivity index (χ0) is 19.4. The first-order valence-corrected chi connectivity index (χ1v) is 10.2. The topological polar surface area (TPSA) is 69.6 Å². The van der Waals surface area contributed by atoms with E-state index in [0.29, 0.717) is 19.0 Å². The predicted molar refractivity (Wildman–Crippen MR) is 109 cm³/mol. The Morgan fingerprint density at radius 3 is 2.46 bits per heavy atom. The molecule has 2 N–H and O–H groups in total. The van der Waals surface area contributed by atoms with Gasteiger partial charge in [-0.15, -0.1) is 11.3 Å². The highest BCUT2D eigenvalue weighted by Crippen LogP contribution is 2.38. The molecule has 1 saturated carbocycles. The highest BCUT2D eigenvalue weighted by atomic mass is 32.1. The molecule has 1 heterocycles. The molecule has 0 radical (unpaired) electrons. The maximum Gasteiger partial charge on any atom is 0.230 e. The second kappa shape index (κ2) is 8.37. The summed E-state index contributed by atoms with van der Waals surface area (Å²) in [5.41, 5.74) is 0.786. The predicted octanol–water partition coefficient (Wildman–Crippen LogP) is 2.75. The van der Waals surface area contributed by atoms with E-state index in [1.54, 1.807) is 23.3 Å². The summed E-state index contributed by atoms with van der Waals surface area (Å²) in [4.78, 5) is 23.4. The van der Waals surface area contributed by atoms with Crippen molar-refractivity contribution in [3.05, 3.63) is 16.1 Å². The van der Waals surface area contributed by atoms with Crippen molar-refractivity contribution in [2.24, 2.45) is 10.4 Å². The number of rotatable bonds is 5. The Kier molecular flexibility index (Phi) is 6.66. The van der Waals surface area contributed by atoms with E-state index < -0.39 is 0 Å². The van der Waals surface area contributed by atoms with Gasteiger partial charge in [0, 0.05) is 38.5 Å². The zero-order valence-corrected chi connectivity index (χ0v) is 17.8. The van der Waals surface area contributed by atoms with Crippen molar-refractivity contribution in [1.82, 2.24) is 20.5 Å². The van der Waals surface area contributed by atoms with Gasteiger partial charge in [0.05, 0.1) is 22.7 Å². The van der Waals surface area contributed by atoms with Gasteiger partial charge in [0.1, 0.15) is 0 Å². The molecule has 0 unspecified atom stereocenters. The third kappa shape index (κ3) is 4.96. The number of carbonyl (C=O) groups excluding carboxylic acids is 1. The van der Waals surface area contributed by atoms with Crippen LogP contribution in [0.25, 0.3) is 0 Å². The van der Waals surface area contributed by atoms with Crippen LogP contribution in [0.5, 0.6) is 0 Å². The van der Waals surface area contributed by atoms with Crippen LogP contribution in [0, 0.1) is 5.41 Å². The Bertz CT molecular complexity index is 639. The van der Waals surface area contributed by atoms with Crippen LogP contribution in [-0.4, -0.2) is 49.4 Å². The summed E-state index contributed by atoms with van der Waals surface area (Å²) in [5.74, 6) is 0.931. The van der Waals surface area contributed by atoms with E-state index in [0.717, 1.165) is 36.4 Å². The number of nitrogens with zero attached hydrogens (tertiary/aromatic N) is 3. The van der Waals surface area contributed by atoms with E-state index in [1.807, 2.05) is 14.1 Å². The molecule has 7 heteroatoms. The molecule has 1 fully saturated rings. The molecule has 146 valence electrons. The minimum absolute atomic E-state index is 0.0736. The Morgan fingerprint density at radius 2 is 1.96 bits per heavy atom. The standard InChI is InChI=1S/C19H33N5OS/c1-18(2,3)15-23-14(12-26-15)11-21-17(20-4)22-13-19(9-7-8-10-19)16(25)24(5)6/h12H,7-11,13H2,1-6H3,(H2,20,21,22). The fourth-order valence-electron chi connectivity index (χ4n) is 3.37. The van der Waals surface area contributed by atoms with E-state index in [9.17, 15) is 4.79 Å². The van der Waals surface area contributed by atoms with Gasteiger partial charge in [-0.25, -0.2) is 4.98 Å². The van der Waals surface area contributed by atoms with Crippen molar-refractivity contribution in [2.45, 2.75) is 58.4 Å². The monoisotopic (exact) mass is 379 g/mol. The fraction of sp³-hybridized carbons (Fsp3) is 0.737. The molecule has 0 spiro atoms. The molecule has 0 aromatic carbocycles. The summed E-state index contributed by atoms with van der Waals surface area (Å²) < 4.78 is 0. The smallest absolute Gasteiger partial charge is 0.230 e. The fourth-order valence-corrected chi connectivity index (χ4v) is 4.28. The molecule has 1 aromatic rings. The molecule has 1 aromatic heterocycles. The lowest BCUT2D eigenvalue weighted by Gasteiger charge is -2.31. The number of guanidine groups is 1. The molecule has 2 rings (SSSR count). The van der Waals surface area contributed by atoms with Crippen LogP contribution >= 0.6 is 11.3 Å². The number of aromatic nitrogens is 1. The van der Waals surface area contributed by atoms with Crippen molar-refractivity contribution in [3.63, 3.8) is 0 Å². The van der Waals surface area contributed by atoms with Gasteiger partial charge in [0.25, 0.3) is 0 Å². The van der Waals surface area contributed by atoms with Crippen molar-refractivity contribution < 1.29 is 4.79 Å². The number of carbonyl (C=O) groups is 1. The Morgan fingerprint density at radius 1 is 1.31 bits per heavy atom. The van der Waals surface area contributed by atoms with Gasteiger partial charge in [-0.3, -0.25) is 9.79 Å². The van der Waals surface area contributed by atoms with E-state index in [2.05, 4.69) is 41.8 Å². The highest BCUT2D eigenvalue weighted by molar-refractivity contribution is 7.09. The van der Waals surface area contributed by atoms with Crippen molar-refractivity contribution in [1.29, 1.82) is 0 Å². The lowest BCUT2D eigenvalue weighted by atomic mass is 9.84. The zero-order valence-electron chi connectivity index (χ0n) is 17.0. The van der Waals surface area contributed by atoms with Gasteiger partial charge in [-0.2, -0.15) is 0 Å². The molecule has 0 atom stereocenters. The normalized spacial score (nSPS) is 17.2. The van der Waals surface area contributed by atoms with Gasteiger partial charge >= 0.3 is 0 Å². The van der Waals surface area contributed by atoms with E-state index in [1.165, 1.54) is 0 Å². The molecular formula is C19H33N5OS. The van der Waals surface area contributed by atoms with Crippen molar-refractivity contribution >= 4 is 23.2 Å². The van der Waals surface area contributed by atoms with Crippen LogP contribution in [0.2, 0.25) is 0 Å². The first-order valence-electron chi connectivity index (χ1n) is 9.29. The second-order valence-electron chi connectivity index (χ2n) is 8.36. The van der Waals surface area contributed by atoms with Crippen molar-refractivity contribution in [2.75, 3.05) is 27.7 Å². The van der Waals surface area contributed by atoms with Crippen molar-refractivity contribution in [3.8, 4) is 0 Å².